The number of anilines is 1. The van der Waals surface area contributed by atoms with Crippen LogP contribution < -0.4 is 5.73 Å². The second-order valence-electron chi connectivity index (χ2n) is 6.33. The van der Waals surface area contributed by atoms with E-state index in [1.54, 1.807) is 0 Å². The van der Waals surface area contributed by atoms with Gasteiger partial charge in [-0.2, -0.15) is 31.4 Å². The Hall–Kier alpha value is -3.63. The molecule has 3 aromatic heterocycles. The summed E-state index contributed by atoms with van der Waals surface area (Å²) in [5.74, 6) is 0. The number of hydrogen-bond donors (Lipinski definition) is 1. The number of halogens is 6. The van der Waals surface area contributed by atoms with Gasteiger partial charge in [0.25, 0.3) is 0 Å². The number of nitrogens with zero attached hydrogens (tertiary/aromatic N) is 4. The first-order chi connectivity index (χ1) is 14.1. The van der Waals surface area contributed by atoms with E-state index in [1.165, 1.54) is 16.9 Å². The van der Waals surface area contributed by atoms with Gasteiger partial charge in [0, 0.05) is 23.5 Å². The molecule has 0 radical (unpaired) electrons. The second kappa shape index (κ2) is 6.71. The van der Waals surface area contributed by atoms with Crippen LogP contribution in [0.3, 0.4) is 0 Å². The van der Waals surface area contributed by atoms with Crippen molar-refractivity contribution in [1.29, 1.82) is 0 Å². The number of rotatable bonds is 2. The van der Waals surface area contributed by atoms with Crippen LogP contribution in [-0.2, 0) is 12.4 Å². The molecule has 2 N–H and O–H groups in total. The SMILES string of the molecule is Nc1cnn2c(-c3ccc(C(F)(F)F)cc3)c(-c3ncccc3C(F)(F)F)cnc12. The number of hydrogen-bond acceptors (Lipinski definition) is 4. The first kappa shape index (κ1) is 19.7. The van der Waals surface area contributed by atoms with Crippen LogP contribution in [0.25, 0.3) is 28.2 Å². The smallest absolute Gasteiger partial charge is 0.394 e. The van der Waals surface area contributed by atoms with Gasteiger partial charge in [-0.05, 0) is 24.3 Å². The highest BCUT2D eigenvalue weighted by Gasteiger charge is 2.35. The zero-order valence-electron chi connectivity index (χ0n) is 14.8. The van der Waals surface area contributed by atoms with Crippen LogP contribution in [0.4, 0.5) is 32.0 Å². The molecule has 4 rings (SSSR count). The fourth-order valence-electron chi connectivity index (χ4n) is 3.07. The molecule has 0 atom stereocenters. The Morgan fingerprint density at radius 2 is 1.53 bits per heavy atom. The summed E-state index contributed by atoms with van der Waals surface area (Å²) in [5, 5.41) is 4.04. The lowest BCUT2D eigenvalue weighted by molar-refractivity contribution is -0.138. The Kier molecular flexibility index (Phi) is 4.40. The summed E-state index contributed by atoms with van der Waals surface area (Å²) in [7, 11) is 0. The molecule has 0 unspecified atom stereocenters. The average molecular weight is 423 g/mol. The topological polar surface area (TPSA) is 69.1 Å². The minimum Gasteiger partial charge on any atom is -0.394 e. The molecule has 0 aliphatic heterocycles. The van der Waals surface area contributed by atoms with E-state index in [0.717, 1.165) is 42.6 Å². The van der Waals surface area contributed by atoms with Crippen molar-refractivity contribution in [3.63, 3.8) is 0 Å². The fourth-order valence-corrected chi connectivity index (χ4v) is 3.07. The van der Waals surface area contributed by atoms with Crippen LogP contribution in [-0.4, -0.2) is 19.6 Å². The quantitative estimate of drug-likeness (QED) is 0.457. The summed E-state index contributed by atoms with van der Waals surface area (Å²) in [4.78, 5) is 7.93. The largest absolute Gasteiger partial charge is 0.418 e. The van der Waals surface area contributed by atoms with Gasteiger partial charge in [0.2, 0.25) is 0 Å². The predicted molar refractivity (Wildman–Crippen MR) is 96.1 cm³/mol. The Labute approximate surface area is 164 Å². The van der Waals surface area contributed by atoms with Gasteiger partial charge in [-0.25, -0.2) is 9.50 Å². The molecular weight excluding hydrogens is 412 g/mol. The summed E-state index contributed by atoms with van der Waals surface area (Å²) in [6, 6.07) is 5.97. The molecule has 11 heteroatoms. The number of alkyl halides is 6. The molecule has 0 aliphatic carbocycles. The Bertz CT molecular complexity index is 1230. The number of fused-ring (bicyclic) bond motifs is 1. The van der Waals surface area contributed by atoms with E-state index in [2.05, 4.69) is 15.1 Å². The molecule has 154 valence electrons. The monoisotopic (exact) mass is 423 g/mol. The molecule has 0 bridgehead atoms. The van der Waals surface area contributed by atoms with Crippen molar-refractivity contribution < 1.29 is 26.3 Å². The zero-order valence-corrected chi connectivity index (χ0v) is 14.8. The summed E-state index contributed by atoms with van der Waals surface area (Å²) in [5.41, 5.74) is 3.98. The Morgan fingerprint density at radius 3 is 2.17 bits per heavy atom. The van der Waals surface area contributed by atoms with Gasteiger partial charge in [-0.15, -0.1) is 0 Å². The fraction of sp³-hybridized carbons (Fsp3) is 0.105. The summed E-state index contributed by atoms with van der Waals surface area (Å²) in [6.45, 7) is 0. The summed E-state index contributed by atoms with van der Waals surface area (Å²) in [6.07, 6.45) is -5.68. The first-order valence-corrected chi connectivity index (χ1v) is 8.40. The van der Waals surface area contributed by atoms with Gasteiger partial charge in [0.15, 0.2) is 5.65 Å². The number of aromatic nitrogens is 4. The van der Waals surface area contributed by atoms with Crippen LogP contribution in [0.2, 0.25) is 0 Å². The number of benzene rings is 1. The van der Waals surface area contributed by atoms with Crippen molar-refractivity contribution in [2.75, 3.05) is 5.73 Å². The molecule has 1 aromatic carbocycles. The van der Waals surface area contributed by atoms with Crippen LogP contribution in [0, 0.1) is 0 Å². The molecule has 0 spiro atoms. The Morgan fingerprint density at radius 1 is 0.833 bits per heavy atom. The molecule has 5 nitrogen and oxygen atoms in total. The van der Waals surface area contributed by atoms with E-state index in [9.17, 15) is 26.3 Å². The first-order valence-electron chi connectivity index (χ1n) is 8.40. The van der Waals surface area contributed by atoms with Gasteiger partial charge in [0.1, 0.15) is 0 Å². The van der Waals surface area contributed by atoms with Gasteiger partial charge in [0.05, 0.1) is 34.4 Å². The third-order valence-corrected chi connectivity index (χ3v) is 4.41. The highest BCUT2D eigenvalue weighted by atomic mass is 19.4. The molecule has 0 fully saturated rings. The number of pyridine rings is 1. The minimum absolute atomic E-state index is 0.0571. The molecular formula is C19H11F6N5. The van der Waals surface area contributed by atoms with Crippen LogP contribution in [0.1, 0.15) is 11.1 Å². The van der Waals surface area contributed by atoms with Crippen molar-refractivity contribution >= 4 is 11.3 Å². The van der Waals surface area contributed by atoms with E-state index in [-0.39, 0.29) is 28.2 Å². The second-order valence-corrected chi connectivity index (χ2v) is 6.33. The third kappa shape index (κ3) is 3.31. The van der Waals surface area contributed by atoms with Crippen LogP contribution in [0.5, 0.6) is 0 Å². The van der Waals surface area contributed by atoms with E-state index in [0.29, 0.717) is 0 Å². The lowest BCUT2D eigenvalue weighted by Crippen LogP contribution is -2.10. The lowest BCUT2D eigenvalue weighted by Gasteiger charge is -2.16. The van der Waals surface area contributed by atoms with Gasteiger partial charge in [-0.3, -0.25) is 4.98 Å². The number of nitrogen functional groups attached to an aromatic ring is 1. The summed E-state index contributed by atoms with van der Waals surface area (Å²) >= 11 is 0. The highest BCUT2D eigenvalue weighted by molar-refractivity contribution is 5.83. The molecule has 3 heterocycles. The number of nitrogens with two attached hydrogens (primary N) is 1. The van der Waals surface area contributed by atoms with Gasteiger partial charge >= 0.3 is 12.4 Å². The third-order valence-electron chi connectivity index (χ3n) is 4.41. The van der Waals surface area contributed by atoms with Crippen molar-refractivity contribution in [2.24, 2.45) is 0 Å². The minimum atomic E-state index is -4.71. The van der Waals surface area contributed by atoms with Crippen molar-refractivity contribution in [1.82, 2.24) is 19.6 Å². The molecule has 0 saturated heterocycles. The van der Waals surface area contributed by atoms with E-state index in [1.807, 2.05) is 0 Å². The van der Waals surface area contributed by atoms with E-state index in [4.69, 9.17) is 5.73 Å². The van der Waals surface area contributed by atoms with Crippen molar-refractivity contribution in [3.05, 3.63) is 66.1 Å². The zero-order chi connectivity index (χ0) is 21.7. The van der Waals surface area contributed by atoms with Crippen LogP contribution >= 0.6 is 0 Å². The van der Waals surface area contributed by atoms with Crippen molar-refractivity contribution in [3.8, 4) is 22.5 Å². The summed E-state index contributed by atoms with van der Waals surface area (Å²) < 4.78 is 80.6. The normalized spacial score (nSPS) is 12.5. The Balaban J connectivity index is 2.02. The maximum absolute atomic E-state index is 13.5. The maximum atomic E-state index is 13.5. The maximum Gasteiger partial charge on any atom is 0.418 e. The molecule has 0 amide bonds. The molecule has 4 aromatic rings. The van der Waals surface area contributed by atoms with Gasteiger partial charge < -0.3 is 5.73 Å². The molecule has 30 heavy (non-hydrogen) atoms. The van der Waals surface area contributed by atoms with Crippen LogP contribution in [0.15, 0.2) is 55.0 Å². The predicted octanol–water partition coefficient (Wildman–Crippen LogP) is 5.08. The molecule has 0 saturated carbocycles. The van der Waals surface area contributed by atoms with Crippen molar-refractivity contribution in [2.45, 2.75) is 12.4 Å². The van der Waals surface area contributed by atoms with E-state index >= 15 is 0 Å². The van der Waals surface area contributed by atoms with E-state index < -0.39 is 29.2 Å². The van der Waals surface area contributed by atoms with Gasteiger partial charge in [-0.1, -0.05) is 12.1 Å². The average Bonchev–Trinajstić information content (AvgIpc) is 3.07. The molecule has 0 aliphatic rings. The standard InChI is InChI=1S/C19H11F6N5/c20-18(21,22)11-5-3-10(4-6-11)16-12(8-28-17-14(26)9-29-30(16)17)15-13(19(23,24)25)2-1-7-27-15/h1-9H,26H2. The lowest BCUT2D eigenvalue weighted by atomic mass is 10.00. The highest BCUT2D eigenvalue weighted by Crippen LogP contribution is 2.40.